The van der Waals surface area contributed by atoms with E-state index in [9.17, 15) is 28.0 Å². The number of hydrogen-bond acceptors (Lipinski definition) is 8. The highest BCUT2D eigenvalue weighted by Gasteiger charge is 2.44. The maximum atomic E-state index is 14.0. The molecule has 0 radical (unpaired) electrons. The van der Waals surface area contributed by atoms with E-state index in [2.05, 4.69) is 15.2 Å². The number of nitrogens with zero attached hydrogens (tertiary/aromatic N) is 4. The van der Waals surface area contributed by atoms with Crippen LogP contribution in [0.15, 0.2) is 53.9 Å². The Morgan fingerprint density at radius 2 is 1.83 bits per heavy atom. The number of methoxy groups -OCH3 is 2. The molecule has 1 fully saturated rings. The van der Waals surface area contributed by atoms with Crippen LogP contribution in [-0.4, -0.2) is 84.7 Å². The van der Waals surface area contributed by atoms with Gasteiger partial charge < -0.3 is 19.7 Å². The number of urea groups is 1. The smallest absolute Gasteiger partial charge is 0.357 e. The number of benzene rings is 1. The van der Waals surface area contributed by atoms with E-state index in [-0.39, 0.29) is 12.1 Å². The Balaban J connectivity index is 1.53. The van der Waals surface area contributed by atoms with E-state index in [1.807, 2.05) is 18.2 Å². The maximum Gasteiger partial charge on any atom is 0.357 e. The summed E-state index contributed by atoms with van der Waals surface area (Å²) in [5.41, 5.74) is 0.0700. The fourth-order valence-corrected chi connectivity index (χ4v) is 5.14. The van der Waals surface area contributed by atoms with E-state index >= 15 is 0 Å². The fourth-order valence-electron chi connectivity index (χ4n) is 5.14. The second-order valence-electron chi connectivity index (χ2n) is 9.61. The summed E-state index contributed by atoms with van der Waals surface area (Å²) in [6.45, 7) is 2.32. The summed E-state index contributed by atoms with van der Waals surface area (Å²) in [6.07, 6.45) is 4.47. The van der Waals surface area contributed by atoms with Crippen LogP contribution in [-0.2, 0) is 23.9 Å². The van der Waals surface area contributed by atoms with Gasteiger partial charge >= 0.3 is 18.0 Å². The summed E-state index contributed by atoms with van der Waals surface area (Å²) in [6, 6.07) is 6.33. The topological polar surface area (TPSA) is 121 Å². The molecule has 2 aliphatic heterocycles. The van der Waals surface area contributed by atoms with Gasteiger partial charge in [0, 0.05) is 24.4 Å². The van der Waals surface area contributed by atoms with Gasteiger partial charge in [-0.15, -0.1) is 0 Å². The van der Waals surface area contributed by atoms with E-state index in [0.29, 0.717) is 25.3 Å². The highest BCUT2D eigenvalue weighted by Crippen LogP contribution is 2.33. The SMILES string of the molecule is COC(=O)C1=C(C(=O)OC)N(N(C=O)CCCN2CCC(c3ccccn3)CC2)C(=O)NC1c1ccc(F)c(F)c1. The van der Waals surface area contributed by atoms with Crippen LogP contribution < -0.4 is 5.32 Å². The molecule has 41 heavy (non-hydrogen) atoms. The van der Waals surface area contributed by atoms with Crippen LogP contribution in [0.3, 0.4) is 0 Å². The number of ether oxygens (including phenoxy) is 2. The van der Waals surface area contributed by atoms with Crippen molar-refractivity contribution in [1.29, 1.82) is 0 Å². The van der Waals surface area contributed by atoms with Crippen LogP contribution in [0.1, 0.15) is 42.5 Å². The molecule has 0 saturated carbocycles. The molecule has 1 aromatic heterocycles. The summed E-state index contributed by atoms with van der Waals surface area (Å²) in [5, 5.41) is 4.18. The van der Waals surface area contributed by atoms with Gasteiger partial charge in [0.05, 0.1) is 25.8 Å². The van der Waals surface area contributed by atoms with Gasteiger partial charge in [0.2, 0.25) is 6.41 Å². The minimum absolute atomic E-state index is 0.0227. The van der Waals surface area contributed by atoms with Gasteiger partial charge in [-0.3, -0.25) is 9.78 Å². The van der Waals surface area contributed by atoms with Crippen molar-refractivity contribution < 1.29 is 37.4 Å². The van der Waals surface area contributed by atoms with Crippen LogP contribution >= 0.6 is 0 Å². The Morgan fingerprint density at radius 3 is 2.44 bits per heavy atom. The molecule has 0 spiro atoms. The van der Waals surface area contributed by atoms with Crippen molar-refractivity contribution in [1.82, 2.24) is 25.2 Å². The zero-order valence-electron chi connectivity index (χ0n) is 22.7. The van der Waals surface area contributed by atoms with E-state index < -0.39 is 46.9 Å². The number of hydrazine groups is 1. The Bertz CT molecular complexity index is 1320. The van der Waals surface area contributed by atoms with Crippen molar-refractivity contribution >= 4 is 24.4 Å². The number of pyridine rings is 1. The van der Waals surface area contributed by atoms with Crippen LogP contribution in [0, 0.1) is 11.6 Å². The third-order valence-electron chi connectivity index (χ3n) is 7.21. The number of halogens is 2. The summed E-state index contributed by atoms with van der Waals surface area (Å²) < 4.78 is 37.3. The first-order valence-corrected chi connectivity index (χ1v) is 13.1. The molecule has 1 unspecified atom stereocenters. The number of esters is 2. The molecule has 2 aliphatic rings. The highest BCUT2D eigenvalue weighted by atomic mass is 19.2. The number of likely N-dealkylation sites (tertiary alicyclic amines) is 1. The molecule has 0 aliphatic carbocycles. The Kier molecular flexibility index (Phi) is 9.61. The van der Waals surface area contributed by atoms with Gasteiger partial charge in [0.25, 0.3) is 0 Å². The number of carbonyl (C=O) groups excluding carboxylic acids is 4. The van der Waals surface area contributed by atoms with Gasteiger partial charge in [-0.05, 0) is 68.7 Å². The van der Waals surface area contributed by atoms with Crippen molar-refractivity contribution in [3.63, 3.8) is 0 Å². The molecular weight excluding hydrogens is 540 g/mol. The lowest BCUT2D eigenvalue weighted by Crippen LogP contribution is -2.57. The third kappa shape index (κ3) is 6.51. The maximum absolute atomic E-state index is 14.0. The van der Waals surface area contributed by atoms with Crippen molar-refractivity contribution in [3.8, 4) is 0 Å². The predicted octanol–water partition coefficient (Wildman–Crippen LogP) is 2.67. The Morgan fingerprint density at radius 1 is 1.10 bits per heavy atom. The van der Waals surface area contributed by atoms with Gasteiger partial charge in [-0.2, -0.15) is 5.01 Å². The number of piperidine rings is 1. The summed E-state index contributed by atoms with van der Waals surface area (Å²) >= 11 is 0. The molecule has 11 nitrogen and oxygen atoms in total. The van der Waals surface area contributed by atoms with Crippen molar-refractivity contribution in [3.05, 3.63) is 76.8 Å². The lowest BCUT2D eigenvalue weighted by Gasteiger charge is -2.39. The predicted molar refractivity (Wildman–Crippen MR) is 141 cm³/mol. The number of nitrogens with one attached hydrogen (secondary N) is 1. The monoisotopic (exact) mass is 571 g/mol. The van der Waals surface area contributed by atoms with E-state index in [1.54, 1.807) is 6.20 Å². The Hall–Kier alpha value is -4.39. The van der Waals surface area contributed by atoms with Gasteiger partial charge in [-0.25, -0.2) is 28.2 Å². The number of carbonyl (C=O) groups is 4. The summed E-state index contributed by atoms with van der Waals surface area (Å²) in [7, 11) is 2.10. The van der Waals surface area contributed by atoms with E-state index in [1.165, 1.54) is 0 Å². The molecule has 1 aromatic carbocycles. The molecule has 218 valence electrons. The molecule has 0 bridgehead atoms. The molecule has 3 amide bonds. The molecule has 1 saturated heterocycles. The first-order valence-electron chi connectivity index (χ1n) is 13.1. The highest BCUT2D eigenvalue weighted by molar-refractivity contribution is 6.05. The van der Waals surface area contributed by atoms with Crippen molar-refractivity contribution in [2.24, 2.45) is 0 Å². The van der Waals surface area contributed by atoms with Crippen molar-refractivity contribution in [2.45, 2.75) is 31.2 Å². The average molecular weight is 572 g/mol. The summed E-state index contributed by atoms with van der Waals surface area (Å²) in [5.74, 6) is -4.12. The van der Waals surface area contributed by atoms with Crippen LogP contribution in [0.25, 0.3) is 0 Å². The second-order valence-corrected chi connectivity index (χ2v) is 9.61. The second kappa shape index (κ2) is 13.3. The summed E-state index contributed by atoms with van der Waals surface area (Å²) in [4.78, 5) is 58.0. The molecule has 2 aromatic rings. The van der Waals surface area contributed by atoms with Crippen LogP contribution in [0.5, 0.6) is 0 Å². The number of amides is 3. The fraction of sp³-hybridized carbons (Fsp3) is 0.393. The average Bonchev–Trinajstić information content (AvgIpc) is 3.00. The minimum atomic E-state index is -1.38. The normalized spacial score (nSPS) is 18.1. The molecule has 1 atom stereocenters. The lowest BCUT2D eigenvalue weighted by atomic mass is 9.93. The number of aromatic nitrogens is 1. The minimum Gasteiger partial charge on any atom is -0.466 e. The molecular formula is C28H31F2N5O6. The third-order valence-corrected chi connectivity index (χ3v) is 7.21. The Labute approximate surface area is 235 Å². The number of rotatable bonds is 10. The first kappa shape index (κ1) is 29.6. The lowest BCUT2D eigenvalue weighted by molar-refractivity contribution is -0.145. The zero-order chi connectivity index (χ0) is 29.5. The molecule has 13 heteroatoms. The van der Waals surface area contributed by atoms with Crippen LogP contribution in [0.2, 0.25) is 0 Å². The molecule has 1 N–H and O–H groups in total. The quantitative estimate of drug-likeness (QED) is 0.341. The largest absolute Gasteiger partial charge is 0.466 e. The molecule has 4 rings (SSSR count). The standard InChI is InChI=1S/C28H31F2N5O6/c1-40-26(37)23-24(19-7-8-20(29)21(30)16-19)32-28(39)35(25(23)27(38)41-2)34(17-36)13-5-12-33-14-9-18(10-15-33)22-6-3-4-11-31-22/h3-4,6-8,11,16-18,24H,5,9-10,12-15H2,1-2H3,(H,32,39). The van der Waals surface area contributed by atoms with E-state index in [0.717, 1.165) is 74.1 Å². The van der Waals surface area contributed by atoms with Gasteiger partial charge in [0.1, 0.15) is 0 Å². The van der Waals surface area contributed by atoms with E-state index in [4.69, 9.17) is 9.47 Å². The number of hydrogen-bond donors (Lipinski definition) is 1. The molecule has 3 heterocycles. The van der Waals surface area contributed by atoms with Gasteiger partial charge in [0.15, 0.2) is 17.3 Å². The van der Waals surface area contributed by atoms with Crippen LogP contribution in [0.4, 0.5) is 13.6 Å². The first-order chi connectivity index (χ1) is 19.8. The van der Waals surface area contributed by atoms with Crippen molar-refractivity contribution in [2.75, 3.05) is 40.4 Å². The zero-order valence-corrected chi connectivity index (χ0v) is 22.7. The van der Waals surface area contributed by atoms with Gasteiger partial charge in [-0.1, -0.05) is 12.1 Å².